The molecule has 0 unspecified atom stereocenters. The van der Waals surface area contributed by atoms with Gasteiger partial charge in [0.2, 0.25) is 0 Å². The first-order valence-corrected chi connectivity index (χ1v) is 7.42. The van der Waals surface area contributed by atoms with Crippen LogP contribution in [0.25, 0.3) is 0 Å². The van der Waals surface area contributed by atoms with Crippen LogP contribution in [0.5, 0.6) is 0 Å². The van der Waals surface area contributed by atoms with E-state index in [0.717, 1.165) is 19.5 Å². The van der Waals surface area contributed by atoms with Crippen molar-refractivity contribution in [2.75, 3.05) is 26.3 Å². The van der Waals surface area contributed by atoms with Gasteiger partial charge in [0.1, 0.15) is 0 Å². The molecule has 0 spiro atoms. The number of rotatable bonds is 4. The summed E-state index contributed by atoms with van der Waals surface area (Å²) >= 11 is 0. The molecule has 2 aliphatic heterocycles. The lowest BCUT2D eigenvalue weighted by molar-refractivity contribution is -0.0566. The maximum Gasteiger partial charge on any atom is 0.287 e. The standard InChI is InChI=1S/C14H22N4O3/c1-17-4-3-15-13(17)14(20)16-10-6-11-9-21-12(2-5-19)8-18(11)7-10/h3-4,10-12,19H,2,5-9H2,1H3,(H,16,20)/t10-,11-,12-/m0/s1. The molecule has 0 radical (unpaired) electrons. The number of aliphatic hydroxyl groups excluding tert-OH is 1. The van der Waals surface area contributed by atoms with Crippen LogP contribution in [0.15, 0.2) is 12.4 Å². The Bertz CT molecular complexity index is 504. The average Bonchev–Trinajstić information content (AvgIpc) is 3.04. The van der Waals surface area contributed by atoms with Gasteiger partial charge in [-0.3, -0.25) is 9.69 Å². The molecule has 21 heavy (non-hydrogen) atoms. The van der Waals surface area contributed by atoms with E-state index >= 15 is 0 Å². The summed E-state index contributed by atoms with van der Waals surface area (Å²) in [5.41, 5.74) is 0. The van der Waals surface area contributed by atoms with Crippen molar-refractivity contribution in [3.63, 3.8) is 0 Å². The van der Waals surface area contributed by atoms with Gasteiger partial charge in [0.15, 0.2) is 5.82 Å². The second-order valence-corrected chi connectivity index (χ2v) is 5.84. The van der Waals surface area contributed by atoms with E-state index in [9.17, 15) is 4.79 Å². The predicted molar refractivity (Wildman–Crippen MR) is 75.9 cm³/mol. The van der Waals surface area contributed by atoms with Gasteiger partial charge in [0, 0.05) is 51.2 Å². The van der Waals surface area contributed by atoms with Crippen molar-refractivity contribution in [1.82, 2.24) is 19.8 Å². The Hall–Kier alpha value is -1.44. The number of nitrogens with zero attached hydrogens (tertiary/aromatic N) is 3. The van der Waals surface area contributed by atoms with Gasteiger partial charge < -0.3 is 19.7 Å². The van der Waals surface area contributed by atoms with Crippen molar-refractivity contribution in [1.29, 1.82) is 0 Å². The number of aliphatic hydroxyl groups is 1. The second-order valence-electron chi connectivity index (χ2n) is 5.84. The molecule has 0 saturated carbocycles. The molecule has 7 heteroatoms. The molecule has 3 atom stereocenters. The first-order chi connectivity index (χ1) is 10.2. The van der Waals surface area contributed by atoms with Crippen LogP contribution >= 0.6 is 0 Å². The smallest absolute Gasteiger partial charge is 0.287 e. The van der Waals surface area contributed by atoms with Crippen molar-refractivity contribution in [3.05, 3.63) is 18.2 Å². The van der Waals surface area contributed by atoms with Gasteiger partial charge in [-0.15, -0.1) is 0 Å². The zero-order chi connectivity index (χ0) is 14.8. The fourth-order valence-corrected chi connectivity index (χ4v) is 3.20. The number of imidazole rings is 1. The van der Waals surface area contributed by atoms with Crippen LogP contribution in [-0.2, 0) is 11.8 Å². The molecular weight excluding hydrogens is 272 g/mol. The number of fused-ring (bicyclic) bond motifs is 1. The number of hydrogen-bond acceptors (Lipinski definition) is 5. The average molecular weight is 294 g/mol. The summed E-state index contributed by atoms with van der Waals surface area (Å²) < 4.78 is 7.47. The third-order valence-electron chi connectivity index (χ3n) is 4.30. The summed E-state index contributed by atoms with van der Waals surface area (Å²) in [6, 6.07) is 0.502. The normalized spacial score (nSPS) is 29.3. The summed E-state index contributed by atoms with van der Waals surface area (Å²) in [6.45, 7) is 2.51. The summed E-state index contributed by atoms with van der Waals surface area (Å²) in [4.78, 5) is 18.6. The van der Waals surface area contributed by atoms with Gasteiger partial charge in [-0.05, 0) is 12.8 Å². The first kappa shape index (κ1) is 14.5. The number of amides is 1. The molecular formula is C14H22N4O3. The van der Waals surface area contributed by atoms with Crippen LogP contribution in [0.4, 0.5) is 0 Å². The summed E-state index contributed by atoms with van der Waals surface area (Å²) in [7, 11) is 1.81. The van der Waals surface area contributed by atoms with Crippen molar-refractivity contribution in [2.24, 2.45) is 7.05 Å². The number of nitrogens with one attached hydrogen (secondary N) is 1. The Morgan fingerprint density at radius 1 is 1.57 bits per heavy atom. The molecule has 3 rings (SSSR count). The third kappa shape index (κ3) is 3.09. The Labute approximate surface area is 123 Å². The third-order valence-corrected chi connectivity index (χ3v) is 4.30. The molecule has 3 heterocycles. The van der Waals surface area contributed by atoms with E-state index in [1.807, 2.05) is 7.05 Å². The van der Waals surface area contributed by atoms with E-state index < -0.39 is 0 Å². The fraction of sp³-hybridized carbons (Fsp3) is 0.714. The lowest BCUT2D eigenvalue weighted by Crippen LogP contribution is -2.46. The van der Waals surface area contributed by atoms with E-state index in [-0.39, 0.29) is 24.7 Å². The van der Waals surface area contributed by atoms with Gasteiger partial charge >= 0.3 is 0 Å². The second kappa shape index (κ2) is 6.13. The van der Waals surface area contributed by atoms with Crippen molar-refractivity contribution >= 4 is 5.91 Å². The highest BCUT2D eigenvalue weighted by Gasteiger charge is 2.37. The van der Waals surface area contributed by atoms with Crippen LogP contribution < -0.4 is 5.32 Å². The summed E-state index contributed by atoms with van der Waals surface area (Å²) in [6.07, 6.45) is 5.07. The highest BCUT2D eigenvalue weighted by Crippen LogP contribution is 2.24. The number of carbonyl (C=O) groups is 1. The van der Waals surface area contributed by atoms with Crippen LogP contribution in [-0.4, -0.2) is 70.0 Å². The Balaban J connectivity index is 1.55. The largest absolute Gasteiger partial charge is 0.396 e. The van der Waals surface area contributed by atoms with E-state index in [1.54, 1.807) is 17.0 Å². The highest BCUT2D eigenvalue weighted by molar-refractivity contribution is 5.91. The highest BCUT2D eigenvalue weighted by atomic mass is 16.5. The quantitative estimate of drug-likeness (QED) is 0.773. The molecule has 1 amide bonds. The van der Waals surface area contributed by atoms with E-state index in [4.69, 9.17) is 9.84 Å². The molecule has 1 aromatic heterocycles. The lowest BCUT2D eigenvalue weighted by Gasteiger charge is -2.34. The maximum atomic E-state index is 12.2. The predicted octanol–water partition coefficient (Wildman–Crippen LogP) is -0.626. The van der Waals surface area contributed by atoms with Crippen LogP contribution in [0.3, 0.4) is 0 Å². The summed E-state index contributed by atoms with van der Waals surface area (Å²) in [5, 5.41) is 12.1. The molecule has 2 fully saturated rings. The van der Waals surface area contributed by atoms with Crippen LogP contribution in [0, 0.1) is 0 Å². The number of ether oxygens (including phenoxy) is 1. The monoisotopic (exact) mass is 294 g/mol. The van der Waals surface area contributed by atoms with Gasteiger partial charge in [0.25, 0.3) is 5.91 Å². The van der Waals surface area contributed by atoms with Crippen molar-refractivity contribution in [2.45, 2.75) is 31.0 Å². The van der Waals surface area contributed by atoms with Gasteiger partial charge in [0.05, 0.1) is 12.7 Å². The van der Waals surface area contributed by atoms with Crippen LogP contribution in [0.2, 0.25) is 0 Å². The molecule has 2 saturated heterocycles. The zero-order valence-corrected chi connectivity index (χ0v) is 12.2. The topological polar surface area (TPSA) is 79.6 Å². The number of aromatic nitrogens is 2. The van der Waals surface area contributed by atoms with Crippen molar-refractivity contribution in [3.8, 4) is 0 Å². The van der Waals surface area contributed by atoms with E-state index in [0.29, 0.717) is 24.9 Å². The molecule has 7 nitrogen and oxygen atoms in total. The first-order valence-electron chi connectivity index (χ1n) is 7.42. The lowest BCUT2D eigenvalue weighted by atomic mass is 10.1. The minimum Gasteiger partial charge on any atom is -0.396 e. The fourth-order valence-electron chi connectivity index (χ4n) is 3.20. The molecule has 0 aromatic carbocycles. The van der Waals surface area contributed by atoms with Crippen LogP contribution in [0.1, 0.15) is 23.5 Å². The molecule has 0 bridgehead atoms. The summed E-state index contributed by atoms with van der Waals surface area (Å²) in [5.74, 6) is 0.314. The van der Waals surface area contributed by atoms with E-state index in [2.05, 4.69) is 15.2 Å². The number of carbonyl (C=O) groups excluding carboxylic acids is 1. The SMILES string of the molecule is Cn1ccnc1C(=O)N[C@H]1C[C@H]2CO[C@@H](CCO)CN2C1. The zero-order valence-electron chi connectivity index (χ0n) is 12.2. The van der Waals surface area contributed by atoms with Gasteiger partial charge in [-0.25, -0.2) is 4.98 Å². The minimum atomic E-state index is -0.125. The number of morpholine rings is 1. The maximum absolute atomic E-state index is 12.2. The Kier molecular flexibility index (Phi) is 4.23. The molecule has 2 aliphatic rings. The van der Waals surface area contributed by atoms with Gasteiger partial charge in [-0.1, -0.05) is 0 Å². The molecule has 0 aliphatic carbocycles. The number of aryl methyl sites for hydroxylation is 1. The molecule has 1 aromatic rings. The number of hydrogen-bond donors (Lipinski definition) is 2. The van der Waals surface area contributed by atoms with E-state index in [1.165, 1.54) is 0 Å². The molecule has 2 N–H and O–H groups in total. The Morgan fingerprint density at radius 3 is 3.14 bits per heavy atom. The minimum absolute atomic E-state index is 0.107. The van der Waals surface area contributed by atoms with Crippen molar-refractivity contribution < 1.29 is 14.6 Å². The Morgan fingerprint density at radius 2 is 2.43 bits per heavy atom. The van der Waals surface area contributed by atoms with Gasteiger partial charge in [-0.2, -0.15) is 0 Å². The molecule has 116 valence electrons.